The summed E-state index contributed by atoms with van der Waals surface area (Å²) in [4.78, 5) is 16.3. The molecule has 0 aliphatic carbocycles. The summed E-state index contributed by atoms with van der Waals surface area (Å²) in [6.07, 6.45) is 3.16. The van der Waals surface area contributed by atoms with Crippen molar-refractivity contribution in [1.29, 1.82) is 0 Å². The number of rotatable bonds is 3. The maximum atomic E-state index is 12.3. The third-order valence-corrected chi connectivity index (χ3v) is 4.29. The zero-order chi connectivity index (χ0) is 14.7. The molecule has 2 N–H and O–H groups in total. The molecular formula is C13H10Br3N3O. The number of carbonyl (C=O) groups excluding carboxylic acids is 1. The lowest BCUT2D eigenvalue weighted by Crippen LogP contribution is -2.15. The van der Waals surface area contributed by atoms with Crippen LogP contribution in [0.5, 0.6) is 0 Å². The molecule has 2 aromatic rings. The second-order valence-corrected chi connectivity index (χ2v) is 6.49. The highest BCUT2D eigenvalue weighted by Gasteiger charge is 2.14. The smallest absolute Gasteiger partial charge is 0.259 e. The second-order valence-electron chi connectivity index (χ2n) is 3.87. The Bertz CT molecular complexity index is 638. The number of aromatic nitrogens is 1. The molecule has 7 heteroatoms. The molecule has 4 nitrogen and oxygen atoms in total. The first kappa shape index (κ1) is 15.5. The van der Waals surface area contributed by atoms with Crippen molar-refractivity contribution >= 4 is 65.1 Å². The first-order valence-corrected chi connectivity index (χ1v) is 7.98. The fourth-order valence-electron chi connectivity index (χ4n) is 1.64. The molecule has 1 aromatic carbocycles. The highest BCUT2D eigenvalue weighted by atomic mass is 79.9. The average molecular weight is 464 g/mol. The van der Waals surface area contributed by atoms with E-state index in [1.807, 2.05) is 12.1 Å². The lowest BCUT2D eigenvalue weighted by Gasteiger charge is -2.12. The molecular weight excluding hydrogens is 454 g/mol. The number of hydrogen-bond acceptors (Lipinski definition) is 3. The average Bonchev–Trinajstić information content (AvgIpc) is 2.42. The van der Waals surface area contributed by atoms with Crippen LogP contribution in [-0.2, 0) is 0 Å². The van der Waals surface area contributed by atoms with Crippen molar-refractivity contribution in [3.8, 4) is 0 Å². The maximum absolute atomic E-state index is 12.3. The Morgan fingerprint density at radius 1 is 1.20 bits per heavy atom. The van der Waals surface area contributed by atoms with Gasteiger partial charge in [0.15, 0.2) is 0 Å². The van der Waals surface area contributed by atoms with Crippen LogP contribution in [0.4, 0.5) is 11.4 Å². The number of amides is 1. The molecule has 0 atom stereocenters. The van der Waals surface area contributed by atoms with Gasteiger partial charge < -0.3 is 10.6 Å². The van der Waals surface area contributed by atoms with Gasteiger partial charge in [0.25, 0.3) is 5.91 Å². The summed E-state index contributed by atoms with van der Waals surface area (Å²) in [6.45, 7) is 0. The number of nitrogens with one attached hydrogen (secondary N) is 2. The zero-order valence-electron chi connectivity index (χ0n) is 10.4. The predicted molar refractivity (Wildman–Crippen MR) is 91.3 cm³/mol. The molecule has 20 heavy (non-hydrogen) atoms. The predicted octanol–water partition coefficient (Wildman–Crippen LogP) is 4.66. The SMILES string of the molecule is CNc1ccncc1C(=O)Nc1c(Br)cc(Br)cc1Br. The fourth-order valence-corrected chi connectivity index (χ4v) is 4.09. The van der Waals surface area contributed by atoms with Gasteiger partial charge in [0.05, 0.1) is 11.3 Å². The van der Waals surface area contributed by atoms with Crippen molar-refractivity contribution < 1.29 is 4.79 Å². The van der Waals surface area contributed by atoms with E-state index in [0.717, 1.165) is 19.1 Å². The first-order valence-electron chi connectivity index (χ1n) is 5.60. The van der Waals surface area contributed by atoms with Crippen LogP contribution >= 0.6 is 47.8 Å². The van der Waals surface area contributed by atoms with Crippen LogP contribution in [-0.4, -0.2) is 17.9 Å². The van der Waals surface area contributed by atoms with E-state index in [0.29, 0.717) is 11.3 Å². The van der Waals surface area contributed by atoms with Crippen LogP contribution in [0, 0.1) is 0 Å². The second kappa shape index (κ2) is 6.69. The van der Waals surface area contributed by atoms with Gasteiger partial charge in [-0.05, 0) is 50.1 Å². The molecule has 0 saturated carbocycles. The van der Waals surface area contributed by atoms with E-state index in [4.69, 9.17) is 0 Å². The third-order valence-electron chi connectivity index (χ3n) is 2.58. The summed E-state index contributed by atoms with van der Waals surface area (Å²) >= 11 is 10.2. The molecule has 0 saturated heterocycles. The van der Waals surface area contributed by atoms with Crippen LogP contribution in [0.2, 0.25) is 0 Å². The summed E-state index contributed by atoms with van der Waals surface area (Å²) in [5.74, 6) is -0.230. The number of hydrogen-bond donors (Lipinski definition) is 2. The molecule has 1 aromatic heterocycles. The quantitative estimate of drug-likeness (QED) is 0.696. The minimum Gasteiger partial charge on any atom is -0.387 e. The number of pyridine rings is 1. The van der Waals surface area contributed by atoms with Gasteiger partial charge in [-0.15, -0.1) is 0 Å². The van der Waals surface area contributed by atoms with Gasteiger partial charge >= 0.3 is 0 Å². The molecule has 104 valence electrons. The van der Waals surface area contributed by atoms with E-state index in [-0.39, 0.29) is 5.91 Å². The Morgan fingerprint density at radius 3 is 2.45 bits per heavy atom. The molecule has 2 rings (SSSR count). The standard InChI is InChI=1S/C13H10Br3N3O/c1-17-11-2-3-18-6-8(11)13(20)19-12-9(15)4-7(14)5-10(12)16/h2-6H,1H3,(H,17,18)(H,19,20). The van der Waals surface area contributed by atoms with Crippen LogP contribution in [0.15, 0.2) is 44.0 Å². The Morgan fingerprint density at radius 2 is 1.85 bits per heavy atom. The topological polar surface area (TPSA) is 54.0 Å². The molecule has 0 fully saturated rings. The highest BCUT2D eigenvalue weighted by molar-refractivity contribution is 9.11. The van der Waals surface area contributed by atoms with E-state index in [9.17, 15) is 4.79 Å². The number of anilines is 2. The Kier molecular flexibility index (Phi) is 5.17. The van der Waals surface area contributed by atoms with Gasteiger partial charge in [0.1, 0.15) is 0 Å². The van der Waals surface area contributed by atoms with Crippen LogP contribution in [0.1, 0.15) is 10.4 Å². The van der Waals surface area contributed by atoms with Crippen molar-refractivity contribution in [2.24, 2.45) is 0 Å². The summed E-state index contributed by atoms with van der Waals surface area (Å²) in [7, 11) is 1.76. The molecule has 1 heterocycles. The highest BCUT2D eigenvalue weighted by Crippen LogP contribution is 2.34. The molecule has 0 unspecified atom stereocenters. The van der Waals surface area contributed by atoms with Crippen molar-refractivity contribution in [3.05, 3.63) is 49.6 Å². The number of halogens is 3. The van der Waals surface area contributed by atoms with Crippen LogP contribution in [0.25, 0.3) is 0 Å². The third kappa shape index (κ3) is 3.39. The van der Waals surface area contributed by atoms with Crippen molar-refractivity contribution in [2.75, 3.05) is 17.7 Å². The Labute approximate surface area is 141 Å². The van der Waals surface area contributed by atoms with Gasteiger partial charge in [-0.3, -0.25) is 9.78 Å². The van der Waals surface area contributed by atoms with Crippen molar-refractivity contribution in [2.45, 2.75) is 0 Å². The molecule has 0 aliphatic heterocycles. The van der Waals surface area contributed by atoms with Gasteiger partial charge in [0.2, 0.25) is 0 Å². The summed E-state index contributed by atoms with van der Waals surface area (Å²) in [6, 6.07) is 5.48. The van der Waals surface area contributed by atoms with Crippen molar-refractivity contribution in [1.82, 2.24) is 4.98 Å². The van der Waals surface area contributed by atoms with E-state index >= 15 is 0 Å². The minimum atomic E-state index is -0.230. The molecule has 0 bridgehead atoms. The van der Waals surface area contributed by atoms with Crippen molar-refractivity contribution in [3.63, 3.8) is 0 Å². The lowest BCUT2D eigenvalue weighted by molar-refractivity contribution is 0.102. The first-order chi connectivity index (χ1) is 9.52. The van der Waals surface area contributed by atoms with Gasteiger partial charge in [-0.1, -0.05) is 15.9 Å². The lowest BCUT2D eigenvalue weighted by atomic mass is 10.2. The molecule has 1 amide bonds. The Balaban J connectivity index is 2.33. The largest absolute Gasteiger partial charge is 0.387 e. The van der Waals surface area contributed by atoms with Crippen LogP contribution < -0.4 is 10.6 Å². The molecule has 0 radical (unpaired) electrons. The van der Waals surface area contributed by atoms with E-state index in [2.05, 4.69) is 63.4 Å². The Hall–Kier alpha value is -0.920. The maximum Gasteiger partial charge on any atom is 0.259 e. The summed E-state index contributed by atoms with van der Waals surface area (Å²) < 4.78 is 2.47. The normalized spacial score (nSPS) is 10.2. The van der Waals surface area contributed by atoms with Gasteiger partial charge in [-0.2, -0.15) is 0 Å². The number of nitrogens with zero attached hydrogens (tertiary/aromatic N) is 1. The van der Waals surface area contributed by atoms with E-state index in [1.54, 1.807) is 19.3 Å². The summed E-state index contributed by atoms with van der Waals surface area (Å²) in [5.41, 5.74) is 1.88. The fraction of sp³-hybridized carbons (Fsp3) is 0.0769. The van der Waals surface area contributed by atoms with E-state index in [1.165, 1.54) is 6.20 Å². The number of carbonyl (C=O) groups is 1. The molecule has 0 spiro atoms. The zero-order valence-corrected chi connectivity index (χ0v) is 15.1. The minimum absolute atomic E-state index is 0.230. The monoisotopic (exact) mass is 461 g/mol. The van der Waals surface area contributed by atoms with E-state index < -0.39 is 0 Å². The van der Waals surface area contributed by atoms with Gasteiger partial charge in [-0.25, -0.2) is 0 Å². The van der Waals surface area contributed by atoms with Crippen LogP contribution in [0.3, 0.4) is 0 Å². The van der Waals surface area contributed by atoms with Gasteiger partial charge in [0, 0.05) is 38.5 Å². The molecule has 0 aliphatic rings. The number of benzene rings is 1. The summed E-state index contributed by atoms with van der Waals surface area (Å²) in [5, 5.41) is 5.83.